The first-order valence-corrected chi connectivity index (χ1v) is 9.33. The highest BCUT2D eigenvalue weighted by Crippen LogP contribution is 2.40. The minimum Gasteiger partial charge on any atom is -0.507 e. The van der Waals surface area contributed by atoms with Gasteiger partial charge in [-0.15, -0.1) is 11.8 Å². The average Bonchev–Trinajstić information content (AvgIpc) is 2.42. The standard InChI is InChI=1S/C19H26O3S2/c1-18(2,3)13-9-11(8-12(16(21)22)17(23)24-7)10-14(15(13)20)19(4,5)6/h8-10,20H,1-7H3,(H,21,22)/b12-8+. The number of hydrogen-bond acceptors (Lipinski definition) is 4. The zero-order chi connectivity index (χ0) is 18.9. The summed E-state index contributed by atoms with van der Waals surface area (Å²) in [6, 6.07) is 3.69. The third-order valence-electron chi connectivity index (χ3n) is 3.69. The molecule has 0 saturated carbocycles. The predicted octanol–water partition coefficient (Wildman–Crippen LogP) is 5.15. The lowest BCUT2D eigenvalue weighted by Crippen LogP contribution is -2.17. The zero-order valence-electron chi connectivity index (χ0n) is 15.4. The van der Waals surface area contributed by atoms with Crippen LogP contribution in [0, 0.1) is 0 Å². The Kier molecular flexibility index (Phi) is 6.28. The van der Waals surface area contributed by atoms with Crippen molar-refractivity contribution < 1.29 is 15.0 Å². The fourth-order valence-electron chi connectivity index (χ4n) is 2.37. The maximum atomic E-state index is 11.5. The zero-order valence-corrected chi connectivity index (χ0v) is 17.0. The van der Waals surface area contributed by atoms with Crippen molar-refractivity contribution in [1.29, 1.82) is 0 Å². The van der Waals surface area contributed by atoms with E-state index in [2.05, 4.69) is 0 Å². The molecule has 0 radical (unpaired) electrons. The van der Waals surface area contributed by atoms with Crippen LogP contribution in [0.3, 0.4) is 0 Å². The van der Waals surface area contributed by atoms with Gasteiger partial charge in [0, 0.05) is 11.1 Å². The molecule has 0 amide bonds. The molecule has 0 spiro atoms. The van der Waals surface area contributed by atoms with E-state index in [0.717, 1.165) is 16.7 Å². The molecule has 0 saturated heterocycles. The summed E-state index contributed by atoms with van der Waals surface area (Å²) in [7, 11) is 0. The van der Waals surface area contributed by atoms with Gasteiger partial charge in [0.15, 0.2) is 0 Å². The Morgan fingerprint density at radius 2 is 1.50 bits per heavy atom. The van der Waals surface area contributed by atoms with Gasteiger partial charge in [0.1, 0.15) is 5.75 Å². The van der Waals surface area contributed by atoms with Crippen LogP contribution in [0.15, 0.2) is 17.7 Å². The molecule has 5 heteroatoms. The average molecular weight is 367 g/mol. The van der Waals surface area contributed by atoms with Crippen LogP contribution in [-0.2, 0) is 15.6 Å². The van der Waals surface area contributed by atoms with E-state index in [9.17, 15) is 15.0 Å². The molecular formula is C19H26O3S2. The number of rotatable bonds is 3. The molecule has 0 aliphatic heterocycles. The van der Waals surface area contributed by atoms with E-state index in [4.69, 9.17) is 12.2 Å². The van der Waals surface area contributed by atoms with E-state index in [1.54, 1.807) is 12.3 Å². The van der Waals surface area contributed by atoms with Crippen molar-refractivity contribution in [3.8, 4) is 5.75 Å². The van der Waals surface area contributed by atoms with Crippen LogP contribution in [-0.4, -0.2) is 26.6 Å². The third-order valence-corrected chi connectivity index (χ3v) is 5.01. The predicted molar refractivity (Wildman–Crippen MR) is 107 cm³/mol. The third kappa shape index (κ3) is 4.84. The number of aliphatic carboxylic acids is 1. The molecule has 2 N–H and O–H groups in total. The van der Waals surface area contributed by atoms with Gasteiger partial charge in [-0.3, -0.25) is 0 Å². The number of phenolic OH excluding ortho intramolecular Hbond substituents is 1. The number of carboxylic acids is 1. The monoisotopic (exact) mass is 366 g/mol. The minimum atomic E-state index is -1.04. The Labute approximate surface area is 154 Å². The van der Waals surface area contributed by atoms with Gasteiger partial charge in [0.2, 0.25) is 0 Å². The fraction of sp³-hybridized carbons (Fsp3) is 0.474. The quantitative estimate of drug-likeness (QED) is 0.572. The summed E-state index contributed by atoms with van der Waals surface area (Å²) >= 11 is 6.39. The van der Waals surface area contributed by atoms with Gasteiger partial charge in [-0.05, 0) is 40.9 Å². The number of phenols is 1. The summed E-state index contributed by atoms with van der Waals surface area (Å²) < 4.78 is 0.338. The molecule has 0 atom stereocenters. The Hall–Kier alpha value is -1.33. The van der Waals surface area contributed by atoms with Crippen LogP contribution in [0.4, 0.5) is 0 Å². The SMILES string of the molecule is CSC(=S)/C(=C/c1cc(C(C)(C)C)c(O)c(C(C)(C)C)c1)C(=O)O. The highest BCUT2D eigenvalue weighted by Gasteiger charge is 2.26. The van der Waals surface area contributed by atoms with E-state index < -0.39 is 5.97 Å². The number of hydrogen-bond donors (Lipinski definition) is 2. The second-order valence-electron chi connectivity index (χ2n) is 7.82. The molecule has 24 heavy (non-hydrogen) atoms. The number of thiocarbonyl (C=S) groups is 1. The molecule has 0 unspecified atom stereocenters. The number of benzene rings is 1. The molecule has 1 aromatic carbocycles. The van der Waals surface area contributed by atoms with Crippen molar-refractivity contribution in [1.82, 2.24) is 0 Å². The van der Waals surface area contributed by atoms with E-state index in [0.29, 0.717) is 4.20 Å². The Balaban J connectivity index is 3.72. The van der Waals surface area contributed by atoms with Crippen molar-refractivity contribution in [2.75, 3.05) is 6.26 Å². The molecule has 0 aliphatic carbocycles. The van der Waals surface area contributed by atoms with Crippen LogP contribution in [0.1, 0.15) is 58.2 Å². The van der Waals surface area contributed by atoms with Gasteiger partial charge in [-0.25, -0.2) is 4.79 Å². The van der Waals surface area contributed by atoms with Crippen LogP contribution >= 0.6 is 24.0 Å². The first kappa shape index (κ1) is 20.7. The Bertz CT molecular complexity index is 655. The molecule has 3 nitrogen and oxygen atoms in total. The molecule has 1 rings (SSSR count). The van der Waals surface area contributed by atoms with E-state index >= 15 is 0 Å². The summed E-state index contributed by atoms with van der Waals surface area (Å²) in [4.78, 5) is 11.5. The molecule has 132 valence electrons. The normalized spacial score (nSPS) is 13.0. The van der Waals surface area contributed by atoms with Crippen molar-refractivity contribution in [3.63, 3.8) is 0 Å². The molecule has 0 aliphatic rings. The summed E-state index contributed by atoms with van der Waals surface area (Å²) in [5.41, 5.74) is 1.88. The fourth-order valence-corrected chi connectivity index (χ4v) is 2.88. The van der Waals surface area contributed by atoms with Gasteiger partial charge < -0.3 is 10.2 Å². The highest BCUT2D eigenvalue weighted by atomic mass is 32.2. The summed E-state index contributed by atoms with van der Waals surface area (Å²) in [5.74, 6) is -0.770. The van der Waals surface area contributed by atoms with Crippen LogP contribution in [0.25, 0.3) is 6.08 Å². The molecular weight excluding hydrogens is 340 g/mol. The van der Waals surface area contributed by atoms with Crippen LogP contribution in [0.5, 0.6) is 5.75 Å². The maximum Gasteiger partial charge on any atom is 0.337 e. The van der Waals surface area contributed by atoms with E-state index in [1.807, 2.05) is 53.7 Å². The number of carboxylic acid groups (broad SMARTS) is 1. The first-order valence-electron chi connectivity index (χ1n) is 7.70. The molecule has 0 bridgehead atoms. The van der Waals surface area contributed by atoms with Crippen LogP contribution in [0.2, 0.25) is 0 Å². The molecule has 0 aromatic heterocycles. The van der Waals surface area contributed by atoms with Gasteiger partial charge in [-0.2, -0.15) is 0 Å². The van der Waals surface area contributed by atoms with Crippen molar-refractivity contribution >= 4 is 40.2 Å². The Morgan fingerprint density at radius 3 is 1.79 bits per heavy atom. The van der Waals surface area contributed by atoms with Gasteiger partial charge in [-0.1, -0.05) is 53.8 Å². The largest absolute Gasteiger partial charge is 0.507 e. The molecule has 0 heterocycles. The van der Waals surface area contributed by atoms with Gasteiger partial charge in [0.05, 0.1) is 9.77 Å². The molecule has 0 fully saturated rings. The van der Waals surface area contributed by atoms with Crippen molar-refractivity contribution in [2.24, 2.45) is 0 Å². The lowest BCUT2D eigenvalue weighted by Gasteiger charge is -2.28. The summed E-state index contributed by atoms with van der Waals surface area (Å²) in [6.07, 6.45) is 3.35. The second-order valence-corrected chi connectivity index (χ2v) is 9.30. The summed E-state index contributed by atoms with van der Waals surface area (Å²) in [6.45, 7) is 12.1. The highest BCUT2D eigenvalue weighted by molar-refractivity contribution is 8.23. The summed E-state index contributed by atoms with van der Waals surface area (Å²) in [5, 5.41) is 20.1. The topological polar surface area (TPSA) is 57.5 Å². The number of carbonyl (C=O) groups is 1. The number of thioether (sulfide) groups is 1. The maximum absolute atomic E-state index is 11.5. The minimum absolute atomic E-state index is 0.0999. The van der Waals surface area contributed by atoms with Crippen molar-refractivity contribution in [2.45, 2.75) is 52.4 Å². The lowest BCUT2D eigenvalue weighted by molar-refractivity contribution is -0.131. The first-order chi connectivity index (χ1) is 10.8. The van der Waals surface area contributed by atoms with Crippen LogP contribution < -0.4 is 0 Å². The van der Waals surface area contributed by atoms with Gasteiger partial charge in [0.25, 0.3) is 0 Å². The Morgan fingerprint density at radius 1 is 1.08 bits per heavy atom. The number of aromatic hydroxyl groups is 1. The second kappa shape index (κ2) is 7.28. The van der Waals surface area contributed by atoms with E-state index in [1.165, 1.54) is 11.8 Å². The van der Waals surface area contributed by atoms with Gasteiger partial charge >= 0.3 is 5.97 Å². The van der Waals surface area contributed by atoms with Crippen molar-refractivity contribution in [3.05, 3.63) is 34.4 Å². The lowest BCUT2D eigenvalue weighted by atomic mass is 9.78. The smallest absolute Gasteiger partial charge is 0.337 e. The van der Waals surface area contributed by atoms with E-state index in [-0.39, 0.29) is 22.2 Å². The molecule has 1 aromatic rings.